The molecule has 0 saturated heterocycles. The van der Waals surface area contributed by atoms with E-state index in [9.17, 15) is 0 Å². The zero-order chi connectivity index (χ0) is 30.2. The molecule has 0 radical (unpaired) electrons. The van der Waals surface area contributed by atoms with Crippen LogP contribution in [0.5, 0.6) is 5.75 Å². The maximum atomic E-state index is 7.15. The summed E-state index contributed by atoms with van der Waals surface area (Å²) in [6, 6.07) is 38.9. The number of amidine groups is 1. The van der Waals surface area contributed by atoms with E-state index >= 15 is 0 Å². The third-order valence-electron chi connectivity index (χ3n) is 7.48. The lowest BCUT2D eigenvalue weighted by Crippen LogP contribution is -2.67. The van der Waals surface area contributed by atoms with Gasteiger partial charge in [0.25, 0.3) is 8.32 Å². The molecule has 4 rings (SSSR count). The summed E-state index contributed by atoms with van der Waals surface area (Å²) in [7, 11) is -2.70. The number of benzene rings is 4. The summed E-state index contributed by atoms with van der Waals surface area (Å²) < 4.78 is 13.1. The Bertz CT molecular complexity index is 1460. The van der Waals surface area contributed by atoms with Crippen LogP contribution in [0.2, 0.25) is 5.04 Å². The number of ether oxygens (including phenoxy) is 1. The second kappa shape index (κ2) is 13.2. The van der Waals surface area contributed by atoms with Gasteiger partial charge < -0.3 is 20.6 Å². The highest BCUT2D eigenvalue weighted by Gasteiger charge is 2.50. The number of nitrogens with zero attached hydrogens (tertiary/aromatic N) is 1. The van der Waals surface area contributed by atoms with Crippen LogP contribution in [0.15, 0.2) is 132 Å². The van der Waals surface area contributed by atoms with Gasteiger partial charge in [-0.25, -0.2) is 4.99 Å². The minimum atomic E-state index is -2.70. The maximum Gasteiger partial charge on any atom is 0.261 e. The number of aliphatic imine (C=N–C) groups is 1. The molecule has 4 aromatic rings. The van der Waals surface area contributed by atoms with E-state index in [0.29, 0.717) is 30.4 Å². The lowest BCUT2D eigenvalue weighted by Gasteiger charge is -2.44. The van der Waals surface area contributed by atoms with Crippen molar-refractivity contribution in [3.8, 4) is 5.75 Å². The second-order valence-electron chi connectivity index (χ2n) is 12.2. The Balaban J connectivity index is 1.55. The number of hydrogen-bond acceptors (Lipinski definition) is 4. The van der Waals surface area contributed by atoms with Crippen molar-refractivity contribution in [2.75, 3.05) is 6.61 Å². The van der Waals surface area contributed by atoms with Crippen LogP contribution in [-0.4, -0.2) is 20.8 Å². The third-order valence-corrected chi connectivity index (χ3v) is 12.5. The van der Waals surface area contributed by atoms with Gasteiger partial charge in [0.05, 0.1) is 5.69 Å². The highest BCUT2D eigenvalue weighted by Crippen LogP contribution is 2.38. The van der Waals surface area contributed by atoms with Crippen molar-refractivity contribution in [2.24, 2.45) is 21.9 Å². The molecule has 0 aliphatic heterocycles. The molecule has 4 aromatic carbocycles. The van der Waals surface area contributed by atoms with Crippen molar-refractivity contribution in [2.45, 2.75) is 46.3 Å². The van der Waals surface area contributed by atoms with E-state index in [2.05, 4.69) is 88.1 Å². The summed E-state index contributed by atoms with van der Waals surface area (Å²) in [5.41, 5.74) is 15.0. The van der Waals surface area contributed by atoms with Gasteiger partial charge in [0, 0.05) is 23.8 Å². The van der Waals surface area contributed by atoms with Crippen LogP contribution < -0.4 is 26.6 Å². The Labute approximate surface area is 252 Å². The van der Waals surface area contributed by atoms with Crippen molar-refractivity contribution in [1.82, 2.24) is 0 Å². The summed E-state index contributed by atoms with van der Waals surface area (Å²) in [6.07, 6.45) is 1.74. The average Bonchev–Trinajstić information content (AvgIpc) is 2.97. The van der Waals surface area contributed by atoms with Crippen LogP contribution >= 0.6 is 0 Å². The molecule has 0 amide bonds. The van der Waals surface area contributed by atoms with Gasteiger partial charge in [-0.2, -0.15) is 0 Å². The molecule has 6 heteroatoms. The Morgan fingerprint density at radius 1 is 0.738 bits per heavy atom. The Kier molecular flexibility index (Phi) is 9.71. The highest BCUT2D eigenvalue weighted by atomic mass is 28.4. The van der Waals surface area contributed by atoms with Gasteiger partial charge in [-0.1, -0.05) is 132 Å². The maximum absolute atomic E-state index is 7.15. The molecule has 0 aliphatic rings. The van der Waals surface area contributed by atoms with E-state index in [-0.39, 0.29) is 5.04 Å². The fourth-order valence-corrected chi connectivity index (χ4v) is 9.79. The molecular weight excluding hydrogens is 535 g/mol. The fourth-order valence-electron chi connectivity index (χ4n) is 5.05. The molecule has 5 nitrogen and oxygen atoms in total. The molecule has 4 N–H and O–H groups in total. The Morgan fingerprint density at radius 3 is 1.83 bits per heavy atom. The SMILES string of the molecule is CC(C)(CO[Si](c1ccccc1)(c1ccccc1)C(C)(C)C)C(N)=CC(N)=Nc1cccc(OCc2ccccc2)c1. The summed E-state index contributed by atoms with van der Waals surface area (Å²) in [6.45, 7) is 11.9. The molecule has 0 saturated carbocycles. The summed E-state index contributed by atoms with van der Waals surface area (Å²) >= 11 is 0. The van der Waals surface area contributed by atoms with Crippen molar-refractivity contribution in [1.29, 1.82) is 0 Å². The molecule has 0 aromatic heterocycles. The summed E-state index contributed by atoms with van der Waals surface area (Å²) in [5.74, 6) is 1.05. The van der Waals surface area contributed by atoms with Crippen LogP contribution in [0, 0.1) is 5.41 Å². The van der Waals surface area contributed by atoms with Crippen LogP contribution in [-0.2, 0) is 11.0 Å². The smallest absolute Gasteiger partial charge is 0.261 e. The van der Waals surface area contributed by atoms with Crippen LogP contribution in [0.1, 0.15) is 40.2 Å². The zero-order valence-corrected chi connectivity index (χ0v) is 26.4. The molecule has 0 heterocycles. The van der Waals surface area contributed by atoms with Crippen molar-refractivity contribution < 1.29 is 9.16 Å². The zero-order valence-electron chi connectivity index (χ0n) is 25.4. The molecule has 0 fully saturated rings. The average molecular weight is 578 g/mol. The Hall–Kier alpha value is -4.13. The first-order valence-corrected chi connectivity index (χ1v) is 16.3. The first-order valence-electron chi connectivity index (χ1n) is 14.3. The first-order chi connectivity index (χ1) is 20.0. The summed E-state index contributed by atoms with van der Waals surface area (Å²) in [4.78, 5) is 4.60. The van der Waals surface area contributed by atoms with Crippen LogP contribution in [0.4, 0.5) is 5.69 Å². The predicted molar refractivity (Wildman–Crippen MR) is 178 cm³/mol. The highest BCUT2D eigenvalue weighted by molar-refractivity contribution is 6.99. The van der Waals surface area contributed by atoms with Crippen molar-refractivity contribution >= 4 is 30.2 Å². The van der Waals surface area contributed by atoms with Crippen LogP contribution in [0.25, 0.3) is 0 Å². The first kappa shape index (κ1) is 30.8. The molecule has 0 unspecified atom stereocenters. The molecule has 0 aliphatic carbocycles. The monoisotopic (exact) mass is 577 g/mol. The summed E-state index contributed by atoms with van der Waals surface area (Å²) in [5, 5.41) is 2.34. The normalized spacial score (nSPS) is 13.2. The van der Waals surface area contributed by atoms with Gasteiger partial charge in [0.15, 0.2) is 0 Å². The van der Waals surface area contributed by atoms with Gasteiger partial charge in [-0.05, 0) is 39.2 Å². The van der Waals surface area contributed by atoms with Gasteiger partial charge in [0.2, 0.25) is 0 Å². The van der Waals surface area contributed by atoms with Crippen molar-refractivity contribution in [3.63, 3.8) is 0 Å². The molecule has 0 spiro atoms. The second-order valence-corrected chi connectivity index (χ2v) is 16.5. The van der Waals surface area contributed by atoms with Gasteiger partial charge in [-0.15, -0.1) is 0 Å². The standard InChI is InChI=1S/C36H43N3O2Si/c1-35(2,3)42(31-20-11-7-12-21-31,32-22-13-8-14-23-32)41-27-36(4,5)33(37)25-34(38)39-29-18-15-19-30(24-29)40-26-28-16-9-6-10-17-28/h6-25H,26-27,37H2,1-5H3,(H2,38,39). The van der Waals surface area contributed by atoms with Crippen LogP contribution in [0.3, 0.4) is 0 Å². The minimum absolute atomic E-state index is 0.127. The topological polar surface area (TPSA) is 82.9 Å². The van der Waals surface area contributed by atoms with E-state index in [1.165, 1.54) is 10.4 Å². The quantitative estimate of drug-likeness (QED) is 0.118. The van der Waals surface area contributed by atoms with E-state index in [1.54, 1.807) is 6.08 Å². The molecule has 218 valence electrons. The van der Waals surface area contributed by atoms with E-state index in [0.717, 1.165) is 11.3 Å². The van der Waals surface area contributed by atoms with E-state index in [1.807, 2.05) is 66.7 Å². The molecule has 0 bridgehead atoms. The fraction of sp³-hybridized carbons (Fsp3) is 0.250. The number of hydrogen-bond donors (Lipinski definition) is 2. The minimum Gasteiger partial charge on any atom is -0.489 e. The van der Waals surface area contributed by atoms with Gasteiger partial charge >= 0.3 is 0 Å². The van der Waals surface area contributed by atoms with E-state index in [4.69, 9.17) is 20.6 Å². The number of rotatable bonds is 11. The Morgan fingerprint density at radius 2 is 1.29 bits per heavy atom. The molecule has 42 heavy (non-hydrogen) atoms. The van der Waals surface area contributed by atoms with E-state index < -0.39 is 13.7 Å². The molecule has 0 atom stereocenters. The third kappa shape index (κ3) is 7.38. The number of nitrogens with two attached hydrogens (primary N) is 2. The lowest BCUT2D eigenvalue weighted by molar-refractivity contribution is 0.198. The lowest BCUT2D eigenvalue weighted by atomic mass is 9.90. The molecular formula is C36H43N3O2Si. The van der Waals surface area contributed by atoms with Gasteiger partial charge in [-0.3, -0.25) is 0 Å². The van der Waals surface area contributed by atoms with Crippen molar-refractivity contribution in [3.05, 3.63) is 133 Å². The largest absolute Gasteiger partial charge is 0.489 e. The predicted octanol–water partition coefficient (Wildman–Crippen LogP) is 6.70. The van der Waals surface area contributed by atoms with Gasteiger partial charge in [0.1, 0.15) is 18.2 Å².